The van der Waals surface area contributed by atoms with Crippen molar-refractivity contribution in [2.24, 2.45) is 0 Å². The molecule has 0 saturated carbocycles. The molecule has 0 radical (unpaired) electrons. The molecule has 98 valence electrons. The van der Waals surface area contributed by atoms with Crippen LogP contribution in [0.3, 0.4) is 0 Å². The normalized spacial score (nSPS) is 12.5. The van der Waals surface area contributed by atoms with Gasteiger partial charge in [-0.15, -0.1) is 0 Å². The van der Waals surface area contributed by atoms with Crippen LogP contribution >= 0.6 is 0 Å². The molecule has 1 aromatic rings. The largest absolute Gasteiger partial charge is 0.302 e. The minimum Gasteiger partial charge on any atom is -0.302 e. The number of benzene rings is 1. The SMILES string of the molecule is CCN(CC)CC(C#N)c1c(C)cc(C)cc1C. The van der Waals surface area contributed by atoms with Crippen molar-refractivity contribution < 1.29 is 0 Å². The van der Waals surface area contributed by atoms with Gasteiger partial charge in [-0.05, 0) is 50.6 Å². The lowest BCUT2D eigenvalue weighted by Crippen LogP contribution is -2.28. The molecule has 1 aromatic carbocycles. The molecule has 2 heteroatoms. The van der Waals surface area contributed by atoms with Crippen LogP contribution in [0.15, 0.2) is 12.1 Å². The second kappa shape index (κ2) is 6.56. The summed E-state index contributed by atoms with van der Waals surface area (Å²) in [5.41, 5.74) is 4.97. The number of likely N-dealkylation sites (N-methyl/N-ethyl adjacent to an activating group) is 1. The summed E-state index contributed by atoms with van der Waals surface area (Å²) in [7, 11) is 0. The molecule has 1 atom stereocenters. The van der Waals surface area contributed by atoms with Gasteiger partial charge in [0.05, 0.1) is 12.0 Å². The first kappa shape index (κ1) is 14.7. The van der Waals surface area contributed by atoms with Crippen LogP contribution in [0.5, 0.6) is 0 Å². The predicted octanol–water partition coefficient (Wildman–Crippen LogP) is 3.56. The fourth-order valence-electron chi connectivity index (χ4n) is 2.68. The molecule has 0 amide bonds. The van der Waals surface area contributed by atoms with Crippen molar-refractivity contribution in [3.8, 4) is 6.07 Å². The van der Waals surface area contributed by atoms with Gasteiger partial charge in [-0.3, -0.25) is 0 Å². The van der Waals surface area contributed by atoms with E-state index < -0.39 is 0 Å². The average molecular weight is 244 g/mol. The number of hydrogen-bond donors (Lipinski definition) is 0. The first-order valence-corrected chi connectivity index (χ1v) is 6.73. The van der Waals surface area contributed by atoms with E-state index in [1.165, 1.54) is 22.3 Å². The van der Waals surface area contributed by atoms with Gasteiger partial charge in [0.25, 0.3) is 0 Å². The minimum atomic E-state index is -0.0227. The Kier molecular flexibility index (Phi) is 5.37. The Morgan fingerprint density at radius 3 is 2.00 bits per heavy atom. The first-order chi connectivity index (χ1) is 8.53. The van der Waals surface area contributed by atoms with E-state index in [0.717, 1.165) is 19.6 Å². The predicted molar refractivity (Wildman–Crippen MR) is 76.8 cm³/mol. The molecule has 0 aliphatic carbocycles. The number of nitrogens with zero attached hydrogens (tertiary/aromatic N) is 2. The molecule has 0 bridgehead atoms. The third-order valence-corrected chi connectivity index (χ3v) is 3.58. The molecule has 0 aromatic heterocycles. The smallest absolute Gasteiger partial charge is 0.0844 e. The van der Waals surface area contributed by atoms with Gasteiger partial charge >= 0.3 is 0 Å². The van der Waals surface area contributed by atoms with Crippen molar-refractivity contribution in [2.75, 3.05) is 19.6 Å². The van der Waals surface area contributed by atoms with Crippen molar-refractivity contribution in [3.05, 3.63) is 34.4 Å². The molecule has 18 heavy (non-hydrogen) atoms. The van der Waals surface area contributed by atoms with E-state index in [4.69, 9.17) is 0 Å². The van der Waals surface area contributed by atoms with Gasteiger partial charge in [-0.1, -0.05) is 31.5 Å². The fourth-order valence-corrected chi connectivity index (χ4v) is 2.68. The Morgan fingerprint density at radius 2 is 1.61 bits per heavy atom. The zero-order chi connectivity index (χ0) is 13.7. The Hall–Kier alpha value is -1.33. The molecule has 0 aliphatic rings. The van der Waals surface area contributed by atoms with Crippen molar-refractivity contribution >= 4 is 0 Å². The topological polar surface area (TPSA) is 27.0 Å². The van der Waals surface area contributed by atoms with Gasteiger partial charge in [0.1, 0.15) is 0 Å². The van der Waals surface area contributed by atoms with Crippen LogP contribution < -0.4 is 0 Å². The minimum absolute atomic E-state index is 0.0227. The third kappa shape index (κ3) is 3.34. The summed E-state index contributed by atoms with van der Waals surface area (Å²) in [6, 6.07) is 6.83. The van der Waals surface area contributed by atoms with Gasteiger partial charge < -0.3 is 4.90 Å². The van der Waals surface area contributed by atoms with Crippen LogP contribution in [-0.2, 0) is 0 Å². The molecule has 0 spiro atoms. The highest BCUT2D eigenvalue weighted by molar-refractivity contribution is 5.42. The number of hydrogen-bond acceptors (Lipinski definition) is 2. The van der Waals surface area contributed by atoms with Crippen LogP contribution in [0.4, 0.5) is 0 Å². The monoisotopic (exact) mass is 244 g/mol. The highest BCUT2D eigenvalue weighted by atomic mass is 15.1. The maximum absolute atomic E-state index is 9.46. The van der Waals surface area contributed by atoms with Gasteiger partial charge in [0, 0.05) is 6.54 Å². The van der Waals surface area contributed by atoms with Gasteiger partial charge in [-0.2, -0.15) is 5.26 Å². The Balaban J connectivity index is 3.07. The maximum atomic E-state index is 9.46. The molecular weight excluding hydrogens is 220 g/mol. The zero-order valence-electron chi connectivity index (χ0n) is 12.2. The zero-order valence-corrected chi connectivity index (χ0v) is 12.2. The second-order valence-electron chi connectivity index (χ2n) is 4.98. The van der Waals surface area contributed by atoms with E-state index in [0.29, 0.717) is 0 Å². The Bertz CT molecular complexity index is 416. The Labute approximate surface area is 111 Å². The molecule has 1 unspecified atom stereocenters. The quantitative estimate of drug-likeness (QED) is 0.792. The van der Waals surface area contributed by atoms with Crippen LogP contribution in [0.2, 0.25) is 0 Å². The summed E-state index contributed by atoms with van der Waals surface area (Å²) >= 11 is 0. The fraction of sp³-hybridized carbons (Fsp3) is 0.562. The number of rotatable bonds is 5. The molecule has 2 nitrogen and oxygen atoms in total. The molecule has 0 fully saturated rings. The summed E-state index contributed by atoms with van der Waals surface area (Å²) in [6.45, 7) is 13.4. The summed E-state index contributed by atoms with van der Waals surface area (Å²) in [6.07, 6.45) is 0. The van der Waals surface area contributed by atoms with Crippen molar-refractivity contribution in [1.29, 1.82) is 5.26 Å². The van der Waals surface area contributed by atoms with E-state index in [9.17, 15) is 5.26 Å². The molecule has 0 N–H and O–H groups in total. The maximum Gasteiger partial charge on any atom is 0.0844 e. The lowest BCUT2D eigenvalue weighted by molar-refractivity contribution is 0.297. The van der Waals surface area contributed by atoms with Gasteiger partial charge in [0.15, 0.2) is 0 Å². The second-order valence-corrected chi connectivity index (χ2v) is 4.98. The van der Waals surface area contributed by atoms with Crippen LogP contribution in [0.1, 0.15) is 42.0 Å². The van der Waals surface area contributed by atoms with Crippen LogP contribution in [0.25, 0.3) is 0 Å². The Morgan fingerprint density at radius 1 is 1.11 bits per heavy atom. The molecule has 0 saturated heterocycles. The molecule has 0 aliphatic heterocycles. The highest BCUT2D eigenvalue weighted by Gasteiger charge is 2.18. The average Bonchev–Trinajstić information content (AvgIpc) is 2.32. The van der Waals surface area contributed by atoms with E-state index in [-0.39, 0.29) is 5.92 Å². The van der Waals surface area contributed by atoms with Gasteiger partial charge in [-0.25, -0.2) is 0 Å². The van der Waals surface area contributed by atoms with E-state index in [1.54, 1.807) is 0 Å². The van der Waals surface area contributed by atoms with Crippen molar-refractivity contribution in [1.82, 2.24) is 4.90 Å². The molecular formula is C16H24N2. The van der Waals surface area contributed by atoms with Crippen molar-refractivity contribution in [2.45, 2.75) is 40.5 Å². The summed E-state index contributed by atoms with van der Waals surface area (Å²) in [5.74, 6) is -0.0227. The summed E-state index contributed by atoms with van der Waals surface area (Å²) in [5, 5.41) is 9.46. The molecule has 1 rings (SSSR count). The third-order valence-electron chi connectivity index (χ3n) is 3.58. The van der Waals surface area contributed by atoms with E-state index in [1.807, 2.05) is 0 Å². The van der Waals surface area contributed by atoms with Gasteiger partial charge in [0.2, 0.25) is 0 Å². The number of nitriles is 1. The van der Waals surface area contributed by atoms with Crippen LogP contribution in [-0.4, -0.2) is 24.5 Å². The molecule has 0 heterocycles. The van der Waals surface area contributed by atoms with Crippen molar-refractivity contribution in [3.63, 3.8) is 0 Å². The highest BCUT2D eigenvalue weighted by Crippen LogP contribution is 2.25. The first-order valence-electron chi connectivity index (χ1n) is 6.73. The lowest BCUT2D eigenvalue weighted by Gasteiger charge is -2.23. The standard InChI is InChI=1S/C16H24N2/c1-6-18(7-2)11-15(10-17)16-13(4)8-12(3)9-14(16)5/h8-9,15H,6-7,11H2,1-5H3. The van der Waals surface area contributed by atoms with Crippen LogP contribution in [0, 0.1) is 32.1 Å². The number of aryl methyl sites for hydroxylation is 3. The van der Waals surface area contributed by atoms with E-state index >= 15 is 0 Å². The lowest BCUT2D eigenvalue weighted by atomic mass is 9.90. The summed E-state index contributed by atoms with van der Waals surface area (Å²) < 4.78 is 0. The summed E-state index contributed by atoms with van der Waals surface area (Å²) in [4.78, 5) is 2.31. The van der Waals surface area contributed by atoms with E-state index in [2.05, 4.69) is 57.7 Å².